The van der Waals surface area contributed by atoms with E-state index in [1.807, 2.05) is 19.1 Å². The molecular weight excluding hydrogens is 288 g/mol. The maximum Gasteiger partial charge on any atom is 0.315 e. The van der Waals surface area contributed by atoms with Crippen LogP contribution >= 0.6 is 0 Å². The van der Waals surface area contributed by atoms with Crippen molar-refractivity contribution in [2.75, 3.05) is 0 Å². The summed E-state index contributed by atoms with van der Waals surface area (Å²) in [6.45, 7) is 3.50. The first-order chi connectivity index (χ1) is 10.5. The van der Waals surface area contributed by atoms with Crippen molar-refractivity contribution in [1.29, 1.82) is 0 Å². The molecule has 2 rings (SSSR count). The highest BCUT2D eigenvalue weighted by Gasteiger charge is 2.14. The number of aromatic nitrogens is 1. The zero-order valence-corrected chi connectivity index (χ0v) is 12.3. The molecule has 0 aliphatic rings. The lowest BCUT2D eigenvalue weighted by atomic mass is 10.1. The third-order valence-electron chi connectivity index (χ3n) is 3.27. The van der Waals surface area contributed by atoms with E-state index >= 15 is 0 Å². The molecule has 0 fully saturated rings. The van der Waals surface area contributed by atoms with Crippen LogP contribution in [0, 0.1) is 11.6 Å². The molecule has 1 aromatic carbocycles. The van der Waals surface area contributed by atoms with Crippen LogP contribution in [0.5, 0.6) is 0 Å². The molecule has 0 bridgehead atoms. The Hall–Kier alpha value is -2.50. The second-order valence-electron chi connectivity index (χ2n) is 4.99. The molecule has 0 spiro atoms. The number of carbonyl (C=O) groups is 1. The number of hydrogen-bond donors (Lipinski definition) is 2. The summed E-state index contributed by atoms with van der Waals surface area (Å²) < 4.78 is 26.1. The van der Waals surface area contributed by atoms with Crippen molar-refractivity contribution >= 4 is 6.03 Å². The average molecular weight is 305 g/mol. The highest BCUT2D eigenvalue weighted by molar-refractivity contribution is 5.74. The largest absolute Gasteiger partial charge is 0.332 e. The Morgan fingerprint density at radius 3 is 2.41 bits per heavy atom. The Kier molecular flexibility index (Phi) is 5.04. The van der Waals surface area contributed by atoms with E-state index in [1.54, 1.807) is 19.2 Å². The number of hydrogen-bond acceptors (Lipinski definition) is 2. The number of carbonyl (C=O) groups excluding carboxylic acids is 1. The van der Waals surface area contributed by atoms with Crippen molar-refractivity contribution in [2.45, 2.75) is 25.9 Å². The van der Waals surface area contributed by atoms with Gasteiger partial charge in [-0.25, -0.2) is 13.6 Å². The summed E-state index contributed by atoms with van der Waals surface area (Å²) in [6, 6.07) is 7.86. The molecule has 0 saturated carbocycles. The van der Waals surface area contributed by atoms with Crippen molar-refractivity contribution in [3.05, 3.63) is 65.5 Å². The van der Waals surface area contributed by atoms with Crippen LogP contribution in [0.15, 0.2) is 42.6 Å². The van der Waals surface area contributed by atoms with E-state index < -0.39 is 23.7 Å². The second kappa shape index (κ2) is 6.98. The van der Waals surface area contributed by atoms with Crippen LogP contribution in [0.3, 0.4) is 0 Å². The molecule has 22 heavy (non-hydrogen) atoms. The standard InChI is InChI=1S/C16H17F2N3O/c1-10(12-6-7-13(17)14(18)9-12)20-16(22)21-11(2)15-5-3-4-8-19-15/h3-11H,1-2H3,(H2,20,21,22)/t10-,11-/m1/s1. The molecule has 0 saturated heterocycles. The first-order valence-electron chi connectivity index (χ1n) is 6.90. The Morgan fingerprint density at radius 1 is 1.05 bits per heavy atom. The smallest absolute Gasteiger partial charge is 0.315 e. The monoisotopic (exact) mass is 305 g/mol. The zero-order valence-electron chi connectivity index (χ0n) is 12.3. The quantitative estimate of drug-likeness (QED) is 0.908. The molecule has 0 radical (unpaired) electrons. The van der Waals surface area contributed by atoms with E-state index in [9.17, 15) is 13.6 Å². The Morgan fingerprint density at radius 2 is 1.77 bits per heavy atom. The van der Waals surface area contributed by atoms with Gasteiger partial charge in [-0.05, 0) is 43.7 Å². The number of amides is 2. The van der Waals surface area contributed by atoms with Crippen molar-refractivity contribution in [2.24, 2.45) is 0 Å². The van der Waals surface area contributed by atoms with Gasteiger partial charge in [0.1, 0.15) is 0 Å². The van der Waals surface area contributed by atoms with E-state index in [-0.39, 0.29) is 6.04 Å². The van der Waals surface area contributed by atoms with Gasteiger partial charge in [0.2, 0.25) is 0 Å². The van der Waals surface area contributed by atoms with Crippen LogP contribution in [0.4, 0.5) is 13.6 Å². The molecule has 0 unspecified atom stereocenters. The van der Waals surface area contributed by atoms with Gasteiger partial charge in [-0.3, -0.25) is 4.98 Å². The van der Waals surface area contributed by atoms with Crippen molar-refractivity contribution < 1.29 is 13.6 Å². The Balaban J connectivity index is 1.95. The number of rotatable bonds is 4. The van der Waals surface area contributed by atoms with Crippen LogP contribution in [0.25, 0.3) is 0 Å². The van der Waals surface area contributed by atoms with Crippen LogP contribution in [0.1, 0.15) is 37.2 Å². The molecule has 2 aromatic rings. The highest BCUT2D eigenvalue weighted by Crippen LogP contribution is 2.16. The minimum Gasteiger partial charge on any atom is -0.332 e. The molecule has 1 heterocycles. The fraction of sp³-hybridized carbons (Fsp3) is 0.250. The summed E-state index contributed by atoms with van der Waals surface area (Å²) in [5.74, 6) is -1.85. The normalized spacial score (nSPS) is 13.3. The summed E-state index contributed by atoms with van der Waals surface area (Å²) in [5, 5.41) is 5.42. The number of halogens is 2. The van der Waals surface area contributed by atoms with Crippen LogP contribution in [0.2, 0.25) is 0 Å². The number of urea groups is 1. The lowest BCUT2D eigenvalue weighted by Crippen LogP contribution is -2.38. The third kappa shape index (κ3) is 4.00. The van der Waals surface area contributed by atoms with Crippen LogP contribution in [-0.4, -0.2) is 11.0 Å². The fourth-order valence-corrected chi connectivity index (χ4v) is 2.01. The molecule has 4 nitrogen and oxygen atoms in total. The van der Waals surface area contributed by atoms with Gasteiger partial charge in [-0.15, -0.1) is 0 Å². The van der Waals surface area contributed by atoms with Gasteiger partial charge in [0.15, 0.2) is 11.6 Å². The summed E-state index contributed by atoms with van der Waals surface area (Å²) in [6.07, 6.45) is 1.65. The molecule has 116 valence electrons. The predicted molar refractivity (Wildman–Crippen MR) is 79.1 cm³/mol. The number of pyridine rings is 1. The molecule has 1 aromatic heterocycles. The van der Waals surface area contributed by atoms with Gasteiger partial charge >= 0.3 is 6.03 Å². The van der Waals surface area contributed by atoms with E-state index in [0.29, 0.717) is 5.56 Å². The molecular formula is C16H17F2N3O. The van der Waals surface area contributed by atoms with Crippen LogP contribution in [-0.2, 0) is 0 Å². The first-order valence-corrected chi connectivity index (χ1v) is 6.90. The summed E-state index contributed by atoms with van der Waals surface area (Å²) in [5.41, 5.74) is 1.22. The summed E-state index contributed by atoms with van der Waals surface area (Å²) in [7, 11) is 0. The number of nitrogens with one attached hydrogen (secondary N) is 2. The molecule has 2 amide bonds. The minimum absolute atomic E-state index is 0.265. The van der Waals surface area contributed by atoms with Gasteiger partial charge in [0.05, 0.1) is 17.8 Å². The van der Waals surface area contributed by atoms with E-state index in [2.05, 4.69) is 15.6 Å². The van der Waals surface area contributed by atoms with Gasteiger partial charge in [0, 0.05) is 6.20 Å². The lowest BCUT2D eigenvalue weighted by molar-refractivity contribution is 0.234. The summed E-state index contributed by atoms with van der Waals surface area (Å²) >= 11 is 0. The fourth-order valence-electron chi connectivity index (χ4n) is 2.01. The highest BCUT2D eigenvalue weighted by atomic mass is 19.2. The van der Waals surface area contributed by atoms with Gasteiger partial charge in [0.25, 0.3) is 0 Å². The Labute approximate surface area is 127 Å². The van der Waals surface area contributed by atoms with Crippen LogP contribution < -0.4 is 10.6 Å². The maximum atomic E-state index is 13.2. The molecule has 2 atom stereocenters. The molecule has 6 heteroatoms. The van der Waals surface area contributed by atoms with Gasteiger partial charge < -0.3 is 10.6 Å². The molecule has 2 N–H and O–H groups in total. The average Bonchev–Trinajstić information content (AvgIpc) is 2.50. The van der Waals surface area contributed by atoms with Gasteiger partial charge in [-0.1, -0.05) is 12.1 Å². The van der Waals surface area contributed by atoms with Gasteiger partial charge in [-0.2, -0.15) is 0 Å². The number of benzene rings is 1. The van der Waals surface area contributed by atoms with Crippen molar-refractivity contribution in [1.82, 2.24) is 15.6 Å². The SMILES string of the molecule is C[C@@H](NC(=O)N[C@H](C)c1ccccn1)c1ccc(F)c(F)c1. The predicted octanol–water partition coefficient (Wildman–Crippen LogP) is 3.48. The Bertz CT molecular complexity index is 649. The van der Waals surface area contributed by atoms with Crippen molar-refractivity contribution in [3.8, 4) is 0 Å². The molecule has 0 aliphatic heterocycles. The third-order valence-corrected chi connectivity index (χ3v) is 3.27. The van der Waals surface area contributed by atoms with E-state index in [1.165, 1.54) is 6.07 Å². The van der Waals surface area contributed by atoms with E-state index in [4.69, 9.17) is 0 Å². The number of nitrogens with zero attached hydrogens (tertiary/aromatic N) is 1. The molecule has 0 aliphatic carbocycles. The minimum atomic E-state index is -0.937. The lowest BCUT2D eigenvalue weighted by Gasteiger charge is -2.18. The first kappa shape index (κ1) is 15.9. The zero-order chi connectivity index (χ0) is 16.1. The maximum absolute atomic E-state index is 13.2. The topological polar surface area (TPSA) is 54.0 Å². The second-order valence-corrected chi connectivity index (χ2v) is 4.99. The van der Waals surface area contributed by atoms with Crippen molar-refractivity contribution in [3.63, 3.8) is 0 Å². The summed E-state index contributed by atoms with van der Waals surface area (Å²) in [4.78, 5) is 16.1. The van der Waals surface area contributed by atoms with E-state index in [0.717, 1.165) is 17.8 Å².